The van der Waals surface area contributed by atoms with Gasteiger partial charge in [0.1, 0.15) is 5.15 Å². The Kier molecular flexibility index (Phi) is 2.58. The molecule has 0 aliphatic heterocycles. The molecule has 0 radical (unpaired) electrons. The van der Waals surface area contributed by atoms with Crippen LogP contribution in [0.2, 0.25) is 5.15 Å². The van der Waals surface area contributed by atoms with Crippen LogP contribution in [0.25, 0.3) is 0 Å². The molecular formula is C7H9ClN2O3. The Morgan fingerprint density at radius 2 is 2.23 bits per heavy atom. The Hall–Kier alpha value is -1.07. The average molecular weight is 205 g/mol. The highest BCUT2D eigenvalue weighted by atomic mass is 35.5. The van der Waals surface area contributed by atoms with Crippen molar-refractivity contribution >= 4 is 17.6 Å². The molecule has 0 bridgehead atoms. The molecule has 2 N–H and O–H groups in total. The quantitative estimate of drug-likeness (QED) is 0.736. The maximum absolute atomic E-state index is 10.5. The third-order valence-electron chi connectivity index (χ3n) is 1.70. The van der Waals surface area contributed by atoms with E-state index in [0.717, 1.165) is 0 Å². The second-order valence-corrected chi connectivity index (χ2v) is 3.01. The highest BCUT2D eigenvalue weighted by Gasteiger charge is 2.24. The summed E-state index contributed by atoms with van der Waals surface area (Å²) in [5.74, 6) is -1.34. The van der Waals surface area contributed by atoms with Crippen molar-refractivity contribution in [2.24, 2.45) is 7.05 Å². The van der Waals surface area contributed by atoms with Gasteiger partial charge in [0.25, 0.3) is 0 Å². The normalized spacial score (nSPS) is 12.9. The van der Waals surface area contributed by atoms with Crippen molar-refractivity contribution in [3.63, 3.8) is 0 Å². The van der Waals surface area contributed by atoms with Crippen LogP contribution in [0.4, 0.5) is 0 Å². The molecule has 1 aromatic rings. The Morgan fingerprint density at radius 1 is 1.69 bits per heavy atom. The number of hydrogen-bond acceptors (Lipinski definition) is 3. The molecule has 0 saturated heterocycles. The topological polar surface area (TPSA) is 75.3 Å². The summed E-state index contributed by atoms with van der Waals surface area (Å²) in [5.41, 5.74) is 0.569. The first kappa shape index (κ1) is 10.0. The summed E-state index contributed by atoms with van der Waals surface area (Å²) >= 11 is 5.73. The molecule has 13 heavy (non-hydrogen) atoms. The molecule has 1 rings (SSSR count). The van der Waals surface area contributed by atoms with Gasteiger partial charge in [0.2, 0.25) is 0 Å². The van der Waals surface area contributed by atoms with Crippen molar-refractivity contribution in [1.29, 1.82) is 0 Å². The van der Waals surface area contributed by atoms with Crippen molar-refractivity contribution in [2.45, 2.75) is 13.0 Å². The van der Waals surface area contributed by atoms with E-state index in [1.165, 1.54) is 4.68 Å². The second kappa shape index (κ2) is 3.35. The Labute approximate surface area is 79.6 Å². The van der Waals surface area contributed by atoms with Crippen LogP contribution in [0, 0.1) is 6.92 Å². The maximum Gasteiger partial charge on any atom is 0.337 e. The lowest BCUT2D eigenvalue weighted by molar-refractivity contribution is -0.147. The van der Waals surface area contributed by atoms with Crippen molar-refractivity contribution in [2.75, 3.05) is 0 Å². The molecule has 5 nitrogen and oxygen atoms in total. The largest absolute Gasteiger partial charge is 0.479 e. The van der Waals surface area contributed by atoms with Gasteiger partial charge in [0, 0.05) is 7.05 Å². The van der Waals surface area contributed by atoms with E-state index < -0.39 is 12.1 Å². The van der Waals surface area contributed by atoms with Gasteiger partial charge < -0.3 is 10.2 Å². The Balaban J connectivity index is 3.20. The molecule has 0 aromatic carbocycles. The zero-order valence-corrected chi connectivity index (χ0v) is 7.91. The van der Waals surface area contributed by atoms with Gasteiger partial charge in [0.15, 0.2) is 6.10 Å². The monoisotopic (exact) mass is 204 g/mol. The van der Waals surface area contributed by atoms with Gasteiger partial charge in [-0.1, -0.05) is 11.6 Å². The lowest BCUT2D eigenvalue weighted by Gasteiger charge is -2.03. The minimum absolute atomic E-state index is 0.146. The number of carboxylic acid groups (broad SMARTS) is 1. The van der Waals surface area contributed by atoms with Gasteiger partial charge >= 0.3 is 5.97 Å². The van der Waals surface area contributed by atoms with E-state index >= 15 is 0 Å². The van der Waals surface area contributed by atoms with Gasteiger partial charge in [-0.05, 0) is 6.92 Å². The second-order valence-electron chi connectivity index (χ2n) is 2.65. The summed E-state index contributed by atoms with van der Waals surface area (Å²) < 4.78 is 1.32. The molecule has 1 atom stereocenters. The van der Waals surface area contributed by atoms with E-state index in [9.17, 15) is 9.90 Å². The van der Waals surface area contributed by atoms with Crippen LogP contribution < -0.4 is 0 Å². The van der Waals surface area contributed by atoms with Crippen molar-refractivity contribution in [3.05, 3.63) is 16.4 Å². The predicted molar refractivity (Wildman–Crippen MR) is 45.6 cm³/mol. The number of hydrogen-bond donors (Lipinski definition) is 2. The Bertz CT molecular complexity index is 348. The van der Waals surface area contributed by atoms with Gasteiger partial charge in [-0.15, -0.1) is 0 Å². The van der Waals surface area contributed by atoms with Crippen molar-refractivity contribution in [1.82, 2.24) is 9.78 Å². The highest BCUT2D eigenvalue weighted by Crippen LogP contribution is 2.25. The number of aliphatic hydroxyl groups excluding tert-OH is 1. The summed E-state index contributed by atoms with van der Waals surface area (Å²) in [7, 11) is 1.58. The maximum atomic E-state index is 10.5. The molecule has 0 fully saturated rings. The smallest absolute Gasteiger partial charge is 0.337 e. The fraction of sp³-hybridized carbons (Fsp3) is 0.429. The fourth-order valence-electron chi connectivity index (χ4n) is 1.08. The molecular weight excluding hydrogens is 196 g/mol. The SMILES string of the molecule is Cc1nn(C)c(Cl)c1C(O)C(=O)O. The molecule has 0 aliphatic rings. The molecule has 1 aromatic heterocycles. The number of aryl methyl sites for hydroxylation is 2. The van der Waals surface area contributed by atoms with E-state index in [1.807, 2.05) is 0 Å². The number of aromatic nitrogens is 2. The lowest BCUT2D eigenvalue weighted by atomic mass is 10.1. The van der Waals surface area contributed by atoms with E-state index in [1.54, 1.807) is 14.0 Å². The zero-order chi connectivity index (χ0) is 10.2. The number of rotatable bonds is 2. The minimum Gasteiger partial charge on any atom is -0.479 e. The van der Waals surface area contributed by atoms with Crippen molar-refractivity contribution in [3.8, 4) is 0 Å². The summed E-state index contributed by atoms with van der Waals surface area (Å²) in [5, 5.41) is 21.8. The highest BCUT2D eigenvalue weighted by molar-refractivity contribution is 6.30. The van der Waals surface area contributed by atoms with Crippen LogP contribution in [0.1, 0.15) is 17.4 Å². The molecule has 0 aliphatic carbocycles. The summed E-state index contributed by atoms with van der Waals surface area (Å²) in [4.78, 5) is 10.5. The van der Waals surface area contributed by atoms with E-state index in [0.29, 0.717) is 5.69 Å². The number of carbonyl (C=O) groups is 1. The molecule has 0 saturated carbocycles. The zero-order valence-electron chi connectivity index (χ0n) is 7.15. The average Bonchev–Trinajstić information content (AvgIpc) is 2.26. The van der Waals surface area contributed by atoms with Crippen LogP contribution in [-0.2, 0) is 11.8 Å². The van der Waals surface area contributed by atoms with E-state index in [2.05, 4.69) is 5.10 Å². The predicted octanol–water partition coefficient (Wildman–Crippen LogP) is 0.500. The molecule has 72 valence electrons. The van der Waals surface area contributed by atoms with Crippen LogP contribution >= 0.6 is 11.6 Å². The van der Waals surface area contributed by atoms with Crippen LogP contribution in [0.5, 0.6) is 0 Å². The Morgan fingerprint density at radius 3 is 2.54 bits per heavy atom. The van der Waals surface area contributed by atoms with E-state index in [-0.39, 0.29) is 10.7 Å². The lowest BCUT2D eigenvalue weighted by Crippen LogP contribution is -2.11. The first-order valence-corrected chi connectivity index (χ1v) is 3.92. The molecule has 0 amide bonds. The first-order valence-electron chi connectivity index (χ1n) is 3.55. The molecule has 0 spiro atoms. The van der Waals surface area contributed by atoms with Crippen LogP contribution in [0.3, 0.4) is 0 Å². The third-order valence-corrected chi connectivity index (χ3v) is 2.15. The summed E-state index contributed by atoms with van der Waals surface area (Å²) in [6.07, 6.45) is -1.61. The number of carboxylic acids is 1. The van der Waals surface area contributed by atoms with Gasteiger partial charge in [-0.25, -0.2) is 4.79 Å². The van der Waals surface area contributed by atoms with Gasteiger partial charge in [-0.2, -0.15) is 5.10 Å². The molecule has 6 heteroatoms. The van der Waals surface area contributed by atoms with Gasteiger partial charge in [-0.3, -0.25) is 4.68 Å². The van der Waals surface area contributed by atoms with Crippen LogP contribution in [-0.4, -0.2) is 26.0 Å². The van der Waals surface area contributed by atoms with Gasteiger partial charge in [0.05, 0.1) is 11.3 Å². The standard InChI is InChI=1S/C7H9ClN2O3/c1-3-4(5(11)7(12)13)6(8)10(2)9-3/h5,11H,1-2H3,(H,12,13). The minimum atomic E-state index is -1.61. The number of nitrogens with zero attached hydrogens (tertiary/aromatic N) is 2. The summed E-state index contributed by atoms with van der Waals surface area (Å²) in [6.45, 7) is 1.59. The summed E-state index contributed by atoms with van der Waals surface area (Å²) in [6, 6.07) is 0. The van der Waals surface area contributed by atoms with Crippen molar-refractivity contribution < 1.29 is 15.0 Å². The van der Waals surface area contributed by atoms with Crippen LogP contribution in [0.15, 0.2) is 0 Å². The molecule has 1 heterocycles. The number of halogens is 1. The van der Waals surface area contributed by atoms with E-state index in [4.69, 9.17) is 16.7 Å². The fourth-order valence-corrected chi connectivity index (χ4v) is 1.36. The first-order chi connectivity index (χ1) is 5.95. The molecule has 1 unspecified atom stereocenters. The number of aliphatic hydroxyl groups is 1. The third kappa shape index (κ3) is 1.66. The number of aliphatic carboxylic acids is 1.